The van der Waals surface area contributed by atoms with E-state index in [-0.39, 0.29) is 11.8 Å². The molecular formula is C24H20N4O2S. The molecule has 0 atom stereocenters. The Morgan fingerprint density at radius 2 is 1.84 bits per heavy atom. The smallest absolute Gasteiger partial charge is 0.259 e. The van der Waals surface area contributed by atoms with Crippen LogP contribution in [-0.4, -0.2) is 28.1 Å². The van der Waals surface area contributed by atoms with Crippen molar-refractivity contribution >= 4 is 34.5 Å². The fourth-order valence-electron chi connectivity index (χ4n) is 3.72. The van der Waals surface area contributed by atoms with Gasteiger partial charge in [0.1, 0.15) is 5.69 Å². The van der Waals surface area contributed by atoms with Crippen LogP contribution in [-0.2, 0) is 4.79 Å². The van der Waals surface area contributed by atoms with E-state index >= 15 is 0 Å². The number of nitrogens with one attached hydrogen (secondary N) is 1. The zero-order chi connectivity index (χ0) is 21.2. The molecule has 31 heavy (non-hydrogen) atoms. The van der Waals surface area contributed by atoms with Gasteiger partial charge < -0.3 is 10.2 Å². The quantitative estimate of drug-likeness (QED) is 0.487. The molecule has 154 valence electrons. The van der Waals surface area contributed by atoms with Crippen molar-refractivity contribution < 1.29 is 9.59 Å². The van der Waals surface area contributed by atoms with Gasteiger partial charge in [-0.2, -0.15) is 5.10 Å². The van der Waals surface area contributed by atoms with Gasteiger partial charge in [-0.15, -0.1) is 11.3 Å². The normalized spacial score (nSPS) is 13.5. The predicted molar refractivity (Wildman–Crippen MR) is 123 cm³/mol. The molecule has 0 radical (unpaired) electrons. The van der Waals surface area contributed by atoms with Crippen LogP contribution < -0.4 is 10.2 Å². The van der Waals surface area contributed by atoms with E-state index in [1.54, 1.807) is 27.1 Å². The van der Waals surface area contributed by atoms with Gasteiger partial charge in [-0.05, 0) is 48.2 Å². The Hall–Kier alpha value is -3.71. The summed E-state index contributed by atoms with van der Waals surface area (Å²) in [5.74, 6) is -0.122. The summed E-state index contributed by atoms with van der Waals surface area (Å²) < 4.78 is 1.73. The van der Waals surface area contributed by atoms with Crippen LogP contribution in [0.5, 0.6) is 0 Å². The number of nitrogens with zero attached hydrogens (tertiary/aromatic N) is 3. The van der Waals surface area contributed by atoms with E-state index in [4.69, 9.17) is 0 Å². The van der Waals surface area contributed by atoms with E-state index in [1.165, 1.54) is 0 Å². The predicted octanol–water partition coefficient (Wildman–Crippen LogP) is 4.98. The average Bonchev–Trinajstić information content (AvgIpc) is 3.55. The van der Waals surface area contributed by atoms with Crippen LogP contribution in [0.4, 0.5) is 11.4 Å². The highest BCUT2D eigenvalue weighted by atomic mass is 32.1. The summed E-state index contributed by atoms with van der Waals surface area (Å²) in [5, 5.41) is 9.64. The second-order valence-electron chi connectivity index (χ2n) is 7.30. The minimum atomic E-state index is -0.240. The highest BCUT2D eigenvalue weighted by Crippen LogP contribution is 2.29. The van der Waals surface area contributed by atoms with Gasteiger partial charge in [0.15, 0.2) is 0 Å². The number of amides is 2. The van der Waals surface area contributed by atoms with Crippen molar-refractivity contribution in [3.8, 4) is 16.3 Å². The summed E-state index contributed by atoms with van der Waals surface area (Å²) in [6.07, 6.45) is 3.19. The molecule has 2 amide bonds. The van der Waals surface area contributed by atoms with Gasteiger partial charge in [0, 0.05) is 30.5 Å². The van der Waals surface area contributed by atoms with E-state index in [2.05, 4.69) is 10.4 Å². The molecule has 5 rings (SSSR count). The average molecular weight is 429 g/mol. The molecule has 0 unspecified atom stereocenters. The van der Waals surface area contributed by atoms with Crippen molar-refractivity contribution in [3.05, 3.63) is 83.9 Å². The molecule has 7 heteroatoms. The van der Waals surface area contributed by atoms with Crippen LogP contribution in [0, 0.1) is 0 Å². The van der Waals surface area contributed by atoms with Gasteiger partial charge >= 0.3 is 0 Å². The molecule has 4 aromatic rings. The molecule has 0 spiro atoms. The lowest BCUT2D eigenvalue weighted by Gasteiger charge is -2.16. The van der Waals surface area contributed by atoms with Gasteiger partial charge in [0.2, 0.25) is 5.91 Å². The number of hydrogen-bond donors (Lipinski definition) is 1. The minimum Gasteiger partial charge on any atom is -0.322 e. The molecule has 2 aromatic carbocycles. The van der Waals surface area contributed by atoms with Crippen molar-refractivity contribution in [1.82, 2.24) is 9.78 Å². The van der Waals surface area contributed by atoms with E-state index in [1.807, 2.05) is 72.1 Å². The number of anilines is 2. The Labute approximate surface area is 183 Å². The fourth-order valence-corrected chi connectivity index (χ4v) is 4.44. The molecule has 1 aliphatic heterocycles. The first-order valence-corrected chi connectivity index (χ1v) is 11.0. The van der Waals surface area contributed by atoms with Crippen LogP contribution in [0.1, 0.15) is 23.2 Å². The van der Waals surface area contributed by atoms with Gasteiger partial charge in [-0.3, -0.25) is 9.59 Å². The van der Waals surface area contributed by atoms with Crippen LogP contribution in [0.25, 0.3) is 16.3 Å². The van der Waals surface area contributed by atoms with E-state index in [0.29, 0.717) is 29.9 Å². The first kappa shape index (κ1) is 19.3. The Morgan fingerprint density at radius 1 is 1.00 bits per heavy atom. The molecular weight excluding hydrogens is 408 g/mol. The van der Waals surface area contributed by atoms with Gasteiger partial charge in [-0.1, -0.05) is 30.3 Å². The summed E-state index contributed by atoms with van der Waals surface area (Å²) in [4.78, 5) is 28.0. The number of rotatable bonds is 5. The van der Waals surface area contributed by atoms with Crippen LogP contribution in [0.3, 0.4) is 0 Å². The maximum atomic E-state index is 13.2. The standard InChI is InChI=1S/C24H20N4O2S/c29-22-12-5-13-27(22)19-10-4-7-17(15-19)25-24(30)20-16-28(18-8-2-1-3-9-18)26-23(20)21-11-6-14-31-21/h1-4,6-11,14-16H,5,12-13H2,(H,25,30). The number of benzene rings is 2. The third kappa shape index (κ3) is 3.87. The van der Waals surface area contributed by atoms with Crippen LogP contribution >= 0.6 is 11.3 Å². The highest BCUT2D eigenvalue weighted by molar-refractivity contribution is 7.13. The molecule has 0 aliphatic carbocycles. The highest BCUT2D eigenvalue weighted by Gasteiger charge is 2.23. The summed E-state index contributed by atoms with van der Waals surface area (Å²) in [5.41, 5.74) is 3.47. The second-order valence-corrected chi connectivity index (χ2v) is 8.25. The van der Waals surface area contributed by atoms with Gasteiger partial charge in [0.05, 0.1) is 16.1 Å². The maximum absolute atomic E-state index is 13.2. The molecule has 6 nitrogen and oxygen atoms in total. The number of aromatic nitrogens is 2. The molecule has 1 aliphatic rings. The summed E-state index contributed by atoms with van der Waals surface area (Å²) in [7, 11) is 0. The Morgan fingerprint density at radius 3 is 2.58 bits per heavy atom. The van der Waals surface area contributed by atoms with Crippen molar-refractivity contribution in [1.29, 1.82) is 0 Å². The van der Waals surface area contributed by atoms with Crippen molar-refractivity contribution in [3.63, 3.8) is 0 Å². The van der Waals surface area contributed by atoms with Crippen LogP contribution in [0.2, 0.25) is 0 Å². The lowest BCUT2D eigenvalue weighted by atomic mass is 10.2. The summed E-state index contributed by atoms with van der Waals surface area (Å²) in [6, 6.07) is 21.0. The van der Waals surface area contributed by atoms with E-state index in [9.17, 15) is 9.59 Å². The third-order valence-corrected chi connectivity index (χ3v) is 6.10. The molecule has 0 bridgehead atoms. The largest absolute Gasteiger partial charge is 0.322 e. The zero-order valence-electron chi connectivity index (χ0n) is 16.7. The minimum absolute atomic E-state index is 0.118. The fraction of sp³-hybridized carbons (Fsp3) is 0.125. The third-order valence-electron chi connectivity index (χ3n) is 5.22. The molecule has 0 saturated carbocycles. The first-order chi connectivity index (χ1) is 15.2. The van der Waals surface area contributed by atoms with Crippen molar-refractivity contribution in [2.24, 2.45) is 0 Å². The summed E-state index contributed by atoms with van der Waals surface area (Å²) >= 11 is 1.54. The van der Waals surface area contributed by atoms with Gasteiger partial charge in [-0.25, -0.2) is 4.68 Å². The second kappa shape index (κ2) is 8.20. The first-order valence-electron chi connectivity index (χ1n) is 10.1. The summed E-state index contributed by atoms with van der Waals surface area (Å²) in [6.45, 7) is 0.711. The van der Waals surface area contributed by atoms with Crippen LogP contribution in [0.15, 0.2) is 78.3 Å². The van der Waals surface area contributed by atoms with E-state index < -0.39 is 0 Å². The number of carbonyl (C=O) groups is 2. The number of thiophene rings is 1. The molecule has 1 N–H and O–H groups in total. The topological polar surface area (TPSA) is 67.2 Å². The molecule has 1 fully saturated rings. The Balaban J connectivity index is 1.47. The zero-order valence-corrected chi connectivity index (χ0v) is 17.5. The SMILES string of the molecule is O=C(Nc1cccc(N2CCCC2=O)c1)c1cn(-c2ccccc2)nc1-c1cccs1. The van der Waals surface area contributed by atoms with Gasteiger partial charge in [0.25, 0.3) is 5.91 Å². The Bertz CT molecular complexity index is 1230. The van der Waals surface area contributed by atoms with Crippen molar-refractivity contribution in [2.75, 3.05) is 16.8 Å². The number of hydrogen-bond acceptors (Lipinski definition) is 4. The molecule has 3 heterocycles. The molecule has 2 aromatic heterocycles. The maximum Gasteiger partial charge on any atom is 0.259 e. The number of carbonyl (C=O) groups excluding carboxylic acids is 2. The lowest BCUT2D eigenvalue weighted by molar-refractivity contribution is -0.117. The monoisotopic (exact) mass is 428 g/mol. The lowest BCUT2D eigenvalue weighted by Crippen LogP contribution is -2.23. The number of para-hydroxylation sites is 1. The van der Waals surface area contributed by atoms with Crippen molar-refractivity contribution in [2.45, 2.75) is 12.8 Å². The molecule has 1 saturated heterocycles. The van der Waals surface area contributed by atoms with E-state index in [0.717, 1.165) is 22.7 Å². The Kier molecular flexibility index (Phi) is 5.09.